The van der Waals surface area contributed by atoms with Crippen molar-refractivity contribution >= 4 is 17.5 Å². The van der Waals surface area contributed by atoms with Gasteiger partial charge in [-0.05, 0) is 39.0 Å². The number of hydrogen-bond acceptors (Lipinski definition) is 6. The monoisotopic (exact) mass is 330 g/mol. The van der Waals surface area contributed by atoms with Gasteiger partial charge in [0.05, 0.1) is 6.54 Å². The van der Waals surface area contributed by atoms with Gasteiger partial charge in [-0.3, -0.25) is 9.69 Å². The van der Waals surface area contributed by atoms with E-state index in [-0.39, 0.29) is 5.97 Å². The third-order valence-electron chi connectivity index (χ3n) is 4.13. The summed E-state index contributed by atoms with van der Waals surface area (Å²) in [7, 11) is 0. The summed E-state index contributed by atoms with van der Waals surface area (Å²) >= 11 is 0. The lowest BCUT2D eigenvalue weighted by atomic mass is 10.1. The molecule has 0 aliphatic carbocycles. The quantitative estimate of drug-likeness (QED) is 0.853. The van der Waals surface area contributed by atoms with Crippen LogP contribution in [0.25, 0.3) is 5.70 Å². The van der Waals surface area contributed by atoms with Gasteiger partial charge in [0.2, 0.25) is 0 Å². The molecule has 1 saturated heterocycles. The van der Waals surface area contributed by atoms with E-state index in [4.69, 9.17) is 4.74 Å². The Morgan fingerprint density at radius 2 is 2.04 bits per heavy atom. The van der Waals surface area contributed by atoms with Gasteiger partial charge in [-0.1, -0.05) is 0 Å². The second-order valence-corrected chi connectivity index (χ2v) is 7.22. The van der Waals surface area contributed by atoms with Crippen LogP contribution in [0.2, 0.25) is 0 Å². The maximum Gasteiger partial charge on any atom is 0.320 e. The molecule has 24 heavy (non-hydrogen) atoms. The van der Waals surface area contributed by atoms with Gasteiger partial charge < -0.3 is 15.0 Å². The van der Waals surface area contributed by atoms with Crippen molar-refractivity contribution < 1.29 is 9.53 Å². The number of pyridine rings is 1. The zero-order valence-electron chi connectivity index (χ0n) is 14.7. The molecule has 130 valence electrons. The molecule has 1 N–H and O–H groups in total. The summed E-state index contributed by atoms with van der Waals surface area (Å²) in [4.78, 5) is 20.9. The van der Waals surface area contributed by atoms with Gasteiger partial charge in [0.25, 0.3) is 0 Å². The van der Waals surface area contributed by atoms with E-state index in [0.717, 1.165) is 44.1 Å². The third-order valence-corrected chi connectivity index (χ3v) is 4.13. The van der Waals surface area contributed by atoms with Crippen LogP contribution in [0.5, 0.6) is 0 Å². The van der Waals surface area contributed by atoms with Crippen molar-refractivity contribution in [3.05, 3.63) is 30.0 Å². The van der Waals surface area contributed by atoms with Gasteiger partial charge in [0, 0.05) is 50.2 Å². The molecule has 1 aromatic rings. The number of hydrogen-bond donors (Lipinski definition) is 1. The van der Waals surface area contributed by atoms with E-state index < -0.39 is 5.60 Å². The lowest BCUT2D eigenvalue weighted by Gasteiger charge is -2.38. The number of carbonyl (C=O) groups is 1. The highest BCUT2D eigenvalue weighted by Gasteiger charge is 2.25. The Kier molecular flexibility index (Phi) is 4.76. The molecule has 0 atom stereocenters. The highest BCUT2D eigenvalue weighted by Crippen LogP contribution is 2.28. The first-order valence-corrected chi connectivity index (χ1v) is 8.51. The fourth-order valence-corrected chi connectivity index (χ4v) is 3.11. The molecular weight excluding hydrogens is 304 g/mol. The number of ether oxygens (including phenoxy) is 1. The normalized spacial score (nSPS) is 18.5. The van der Waals surface area contributed by atoms with Crippen molar-refractivity contribution in [1.82, 2.24) is 14.8 Å². The van der Waals surface area contributed by atoms with Crippen LogP contribution in [0.3, 0.4) is 0 Å². The first kappa shape index (κ1) is 16.8. The molecule has 3 rings (SSSR count). The smallest absolute Gasteiger partial charge is 0.320 e. The minimum absolute atomic E-state index is 0.147. The van der Waals surface area contributed by atoms with E-state index in [0.29, 0.717) is 6.54 Å². The molecule has 1 aromatic heterocycles. The summed E-state index contributed by atoms with van der Waals surface area (Å²) in [5.41, 5.74) is 1.98. The van der Waals surface area contributed by atoms with Crippen LogP contribution >= 0.6 is 0 Å². The van der Waals surface area contributed by atoms with Crippen molar-refractivity contribution in [3.8, 4) is 0 Å². The SMILES string of the molecule is CC(C)(C)OC(=O)CN1CCN(C2=CCNc3ncccc32)CC1. The topological polar surface area (TPSA) is 57.7 Å². The van der Waals surface area contributed by atoms with Gasteiger partial charge in [0.1, 0.15) is 11.4 Å². The second kappa shape index (κ2) is 6.81. The van der Waals surface area contributed by atoms with Gasteiger partial charge in [0.15, 0.2) is 0 Å². The number of esters is 1. The van der Waals surface area contributed by atoms with Crippen molar-refractivity contribution in [2.45, 2.75) is 26.4 Å². The Labute approximate surface area is 143 Å². The summed E-state index contributed by atoms with van der Waals surface area (Å²) in [6, 6.07) is 4.08. The molecule has 2 aliphatic heterocycles. The standard InChI is InChI=1S/C18H26N4O2/c1-18(2,3)24-16(23)13-21-9-11-22(12-10-21)15-6-8-20-17-14(15)5-4-7-19-17/h4-7H,8-13H2,1-3H3,(H,19,20). The predicted molar refractivity (Wildman–Crippen MR) is 94.6 cm³/mol. The maximum absolute atomic E-state index is 12.0. The first-order chi connectivity index (χ1) is 11.4. The Bertz CT molecular complexity index is 628. The number of nitrogens with one attached hydrogen (secondary N) is 1. The number of nitrogens with zero attached hydrogens (tertiary/aromatic N) is 3. The summed E-state index contributed by atoms with van der Waals surface area (Å²) in [6.45, 7) is 10.4. The molecule has 0 amide bonds. The molecule has 0 unspecified atom stereocenters. The second-order valence-electron chi connectivity index (χ2n) is 7.22. The molecule has 3 heterocycles. The number of piperazine rings is 1. The number of carbonyl (C=O) groups excluding carboxylic acids is 1. The summed E-state index contributed by atoms with van der Waals surface area (Å²) in [6.07, 6.45) is 4.03. The summed E-state index contributed by atoms with van der Waals surface area (Å²) < 4.78 is 5.41. The van der Waals surface area contributed by atoms with E-state index in [1.165, 1.54) is 5.70 Å². The number of anilines is 1. The average Bonchev–Trinajstić information content (AvgIpc) is 2.53. The summed E-state index contributed by atoms with van der Waals surface area (Å²) in [5.74, 6) is 0.803. The van der Waals surface area contributed by atoms with Crippen molar-refractivity contribution in [2.75, 3.05) is 44.6 Å². The van der Waals surface area contributed by atoms with Crippen LogP contribution < -0.4 is 5.32 Å². The number of aromatic nitrogens is 1. The van der Waals surface area contributed by atoms with Crippen LogP contribution in [-0.2, 0) is 9.53 Å². The fraction of sp³-hybridized carbons (Fsp3) is 0.556. The lowest BCUT2D eigenvalue weighted by molar-refractivity contribution is -0.156. The summed E-state index contributed by atoms with van der Waals surface area (Å²) in [5, 5.41) is 3.30. The molecule has 2 aliphatic rings. The van der Waals surface area contributed by atoms with E-state index in [1.807, 2.05) is 33.0 Å². The highest BCUT2D eigenvalue weighted by molar-refractivity contribution is 5.76. The minimum Gasteiger partial charge on any atom is -0.459 e. The number of rotatable bonds is 3. The van der Waals surface area contributed by atoms with Gasteiger partial charge in [-0.15, -0.1) is 0 Å². The van der Waals surface area contributed by atoms with E-state index in [9.17, 15) is 4.79 Å². The largest absolute Gasteiger partial charge is 0.459 e. The molecule has 1 fully saturated rings. The number of fused-ring (bicyclic) bond motifs is 1. The van der Waals surface area contributed by atoms with Crippen molar-refractivity contribution in [3.63, 3.8) is 0 Å². The van der Waals surface area contributed by atoms with Gasteiger partial charge in [-0.25, -0.2) is 4.98 Å². The van der Waals surface area contributed by atoms with Crippen LogP contribution in [0.4, 0.5) is 5.82 Å². The molecular formula is C18H26N4O2. The van der Waals surface area contributed by atoms with Crippen LogP contribution in [0.1, 0.15) is 26.3 Å². The molecule has 6 nitrogen and oxygen atoms in total. The Morgan fingerprint density at radius 3 is 2.75 bits per heavy atom. The molecule has 0 spiro atoms. The first-order valence-electron chi connectivity index (χ1n) is 8.51. The van der Waals surface area contributed by atoms with Crippen molar-refractivity contribution in [2.24, 2.45) is 0 Å². The Balaban J connectivity index is 1.56. The molecule has 0 radical (unpaired) electrons. The van der Waals surface area contributed by atoms with Crippen LogP contribution in [0, 0.1) is 0 Å². The predicted octanol–water partition coefficient (Wildman–Crippen LogP) is 1.81. The zero-order chi connectivity index (χ0) is 17.2. The minimum atomic E-state index is -0.421. The highest BCUT2D eigenvalue weighted by atomic mass is 16.6. The van der Waals surface area contributed by atoms with Crippen LogP contribution in [-0.4, -0.2) is 65.6 Å². The molecule has 0 aromatic carbocycles. The fourth-order valence-electron chi connectivity index (χ4n) is 3.11. The maximum atomic E-state index is 12.0. The van der Waals surface area contributed by atoms with E-state index in [2.05, 4.69) is 32.2 Å². The molecule has 6 heteroatoms. The van der Waals surface area contributed by atoms with Gasteiger partial charge in [-0.2, -0.15) is 0 Å². The average molecular weight is 330 g/mol. The molecule has 0 bridgehead atoms. The van der Waals surface area contributed by atoms with Crippen molar-refractivity contribution in [1.29, 1.82) is 0 Å². The van der Waals surface area contributed by atoms with E-state index in [1.54, 1.807) is 0 Å². The Hall–Kier alpha value is -2.08. The van der Waals surface area contributed by atoms with Crippen LogP contribution in [0.15, 0.2) is 24.4 Å². The third kappa shape index (κ3) is 4.06. The molecule has 0 saturated carbocycles. The van der Waals surface area contributed by atoms with E-state index >= 15 is 0 Å². The lowest BCUT2D eigenvalue weighted by Crippen LogP contribution is -2.48. The Morgan fingerprint density at radius 1 is 1.29 bits per heavy atom. The zero-order valence-corrected chi connectivity index (χ0v) is 14.7. The van der Waals surface area contributed by atoms with Gasteiger partial charge >= 0.3 is 5.97 Å².